The van der Waals surface area contributed by atoms with Crippen molar-refractivity contribution in [2.24, 2.45) is 11.8 Å². The Balaban J connectivity index is 2.38. The summed E-state index contributed by atoms with van der Waals surface area (Å²) < 4.78 is 0. The summed E-state index contributed by atoms with van der Waals surface area (Å²) >= 11 is 0. The monoisotopic (exact) mass is 211 g/mol. The summed E-state index contributed by atoms with van der Waals surface area (Å²) in [5.41, 5.74) is 0. The molecule has 0 aromatic carbocycles. The van der Waals surface area contributed by atoms with Crippen LogP contribution in [0.3, 0.4) is 0 Å². The van der Waals surface area contributed by atoms with Crippen molar-refractivity contribution in [2.75, 3.05) is 20.1 Å². The van der Waals surface area contributed by atoms with E-state index in [1.807, 2.05) is 0 Å². The Kier molecular flexibility index (Phi) is 6.31. The molecule has 0 aromatic heterocycles. The Morgan fingerprint density at radius 1 is 1.13 bits per heavy atom. The first-order valence-electron chi connectivity index (χ1n) is 6.96. The molecular weight excluding hydrogens is 182 g/mol. The van der Waals surface area contributed by atoms with Crippen LogP contribution in [0.5, 0.6) is 0 Å². The van der Waals surface area contributed by atoms with Crippen LogP contribution in [0.1, 0.15) is 58.8 Å². The summed E-state index contributed by atoms with van der Waals surface area (Å²) in [7, 11) is 2.27. The lowest BCUT2D eigenvalue weighted by molar-refractivity contribution is 0.205. The highest BCUT2D eigenvalue weighted by Gasteiger charge is 2.20. The summed E-state index contributed by atoms with van der Waals surface area (Å²) in [6.07, 6.45) is 10.0. The molecule has 1 atom stereocenters. The summed E-state index contributed by atoms with van der Waals surface area (Å²) in [6, 6.07) is 0. The summed E-state index contributed by atoms with van der Waals surface area (Å²) in [5.74, 6) is 2.04. The standard InChI is InChI=1S/C14H29N/c1-4-8-13(5-2)14-9-6-11-15(3)12-7-10-14/h13-14H,4-12H2,1-3H3. The van der Waals surface area contributed by atoms with Gasteiger partial charge in [-0.15, -0.1) is 0 Å². The molecule has 1 nitrogen and oxygen atoms in total. The van der Waals surface area contributed by atoms with Gasteiger partial charge in [-0.05, 0) is 57.7 Å². The number of hydrogen-bond acceptors (Lipinski definition) is 1. The summed E-state index contributed by atoms with van der Waals surface area (Å²) in [6.45, 7) is 7.35. The molecule has 0 radical (unpaired) electrons. The molecule has 0 saturated carbocycles. The predicted molar refractivity (Wildman–Crippen MR) is 68.1 cm³/mol. The molecule has 1 heterocycles. The van der Waals surface area contributed by atoms with Gasteiger partial charge < -0.3 is 4.90 Å². The SMILES string of the molecule is CCCC(CC)C1CCCN(C)CCC1. The van der Waals surface area contributed by atoms with Crippen LogP contribution in [0, 0.1) is 11.8 Å². The van der Waals surface area contributed by atoms with E-state index < -0.39 is 0 Å². The van der Waals surface area contributed by atoms with Gasteiger partial charge in [0, 0.05) is 0 Å². The van der Waals surface area contributed by atoms with E-state index in [0.717, 1.165) is 11.8 Å². The lowest BCUT2D eigenvalue weighted by Crippen LogP contribution is -2.26. The number of rotatable bonds is 4. The fourth-order valence-corrected chi connectivity index (χ4v) is 3.12. The highest BCUT2D eigenvalue weighted by molar-refractivity contribution is 4.72. The van der Waals surface area contributed by atoms with Crippen molar-refractivity contribution in [1.82, 2.24) is 4.90 Å². The van der Waals surface area contributed by atoms with Crippen molar-refractivity contribution in [2.45, 2.75) is 58.8 Å². The van der Waals surface area contributed by atoms with Gasteiger partial charge in [0.2, 0.25) is 0 Å². The second-order valence-electron chi connectivity index (χ2n) is 5.30. The smallest absolute Gasteiger partial charge is 0.00217 e. The zero-order valence-corrected chi connectivity index (χ0v) is 11.0. The molecule has 0 aliphatic carbocycles. The van der Waals surface area contributed by atoms with Gasteiger partial charge >= 0.3 is 0 Å². The first-order chi connectivity index (χ1) is 7.27. The van der Waals surface area contributed by atoms with Crippen molar-refractivity contribution >= 4 is 0 Å². The van der Waals surface area contributed by atoms with Gasteiger partial charge in [0.1, 0.15) is 0 Å². The van der Waals surface area contributed by atoms with Crippen molar-refractivity contribution in [1.29, 1.82) is 0 Å². The Morgan fingerprint density at radius 3 is 2.20 bits per heavy atom. The molecule has 0 N–H and O–H groups in total. The van der Waals surface area contributed by atoms with Gasteiger partial charge in [0.05, 0.1) is 0 Å². The number of likely N-dealkylation sites (tertiary alicyclic amines) is 1. The topological polar surface area (TPSA) is 3.24 Å². The molecule has 0 bridgehead atoms. The molecule has 0 amide bonds. The maximum Gasteiger partial charge on any atom is -0.00217 e. The summed E-state index contributed by atoms with van der Waals surface area (Å²) in [4.78, 5) is 2.50. The van der Waals surface area contributed by atoms with Gasteiger partial charge in [-0.3, -0.25) is 0 Å². The van der Waals surface area contributed by atoms with Crippen LogP contribution in [0.15, 0.2) is 0 Å². The van der Waals surface area contributed by atoms with Gasteiger partial charge in [0.15, 0.2) is 0 Å². The van der Waals surface area contributed by atoms with Crippen LogP contribution in [-0.2, 0) is 0 Å². The van der Waals surface area contributed by atoms with E-state index in [1.54, 1.807) is 0 Å². The second-order valence-corrected chi connectivity index (χ2v) is 5.30. The third-order valence-electron chi connectivity index (χ3n) is 4.08. The van der Waals surface area contributed by atoms with Gasteiger partial charge in [0.25, 0.3) is 0 Å². The van der Waals surface area contributed by atoms with Crippen molar-refractivity contribution < 1.29 is 0 Å². The fraction of sp³-hybridized carbons (Fsp3) is 1.00. The average molecular weight is 211 g/mol. The molecule has 1 unspecified atom stereocenters. The highest BCUT2D eigenvalue weighted by Crippen LogP contribution is 2.30. The number of hydrogen-bond donors (Lipinski definition) is 0. The third-order valence-corrected chi connectivity index (χ3v) is 4.08. The zero-order valence-electron chi connectivity index (χ0n) is 11.0. The highest BCUT2D eigenvalue weighted by atomic mass is 15.1. The Bertz CT molecular complexity index is 145. The third kappa shape index (κ3) is 4.55. The quantitative estimate of drug-likeness (QED) is 0.681. The van der Waals surface area contributed by atoms with E-state index in [1.165, 1.54) is 58.0 Å². The van der Waals surface area contributed by atoms with Gasteiger partial charge in [-0.2, -0.15) is 0 Å². The van der Waals surface area contributed by atoms with Crippen LogP contribution >= 0.6 is 0 Å². The first-order valence-corrected chi connectivity index (χ1v) is 6.96. The lowest BCUT2D eigenvalue weighted by Gasteiger charge is -2.30. The minimum absolute atomic E-state index is 1.01. The molecule has 1 aliphatic heterocycles. The molecule has 1 fully saturated rings. The Morgan fingerprint density at radius 2 is 1.73 bits per heavy atom. The molecule has 90 valence electrons. The van der Waals surface area contributed by atoms with Gasteiger partial charge in [-0.1, -0.05) is 33.1 Å². The van der Waals surface area contributed by atoms with Crippen LogP contribution in [0.25, 0.3) is 0 Å². The largest absolute Gasteiger partial charge is 0.306 e. The number of nitrogens with zero attached hydrogens (tertiary/aromatic N) is 1. The minimum Gasteiger partial charge on any atom is -0.306 e. The molecular formula is C14H29N. The molecule has 1 rings (SSSR count). The normalized spacial score (nSPS) is 23.4. The minimum atomic E-state index is 1.01. The van der Waals surface area contributed by atoms with E-state index in [9.17, 15) is 0 Å². The lowest BCUT2D eigenvalue weighted by atomic mass is 9.80. The zero-order chi connectivity index (χ0) is 11.1. The summed E-state index contributed by atoms with van der Waals surface area (Å²) in [5, 5.41) is 0. The molecule has 0 spiro atoms. The average Bonchev–Trinajstić information content (AvgIpc) is 2.20. The molecule has 1 heteroatoms. The van der Waals surface area contributed by atoms with Crippen molar-refractivity contribution in [3.8, 4) is 0 Å². The van der Waals surface area contributed by atoms with E-state index in [4.69, 9.17) is 0 Å². The maximum absolute atomic E-state index is 2.50. The second kappa shape index (κ2) is 7.27. The molecule has 1 saturated heterocycles. The van der Waals surface area contributed by atoms with E-state index in [-0.39, 0.29) is 0 Å². The Hall–Kier alpha value is -0.0400. The van der Waals surface area contributed by atoms with E-state index >= 15 is 0 Å². The van der Waals surface area contributed by atoms with Crippen LogP contribution < -0.4 is 0 Å². The van der Waals surface area contributed by atoms with E-state index in [2.05, 4.69) is 25.8 Å². The molecule has 1 aliphatic rings. The Labute approximate surface area is 96.2 Å². The van der Waals surface area contributed by atoms with E-state index in [0.29, 0.717) is 0 Å². The molecule has 15 heavy (non-hydrogen) atoms. The fourth-order valence-electron chi connectivity index (χ4n) is 3.12. The molecule has 0 aromatic rings. The maximum atomic E-state index is 2.50. The predicted octanol–water partition coefficient (Wildman–Crippen LogP) is 3.93. The van der Waals surface area contributed by atoms with Crippen LogP contribution in [-0.4, -0.2) is 25.0 Å². The van der Waals surface area contributed by atoms with Crippen molar-refractivity contribution in [3.63, 3.8) is 0 Å². The van der Waals surface area contributed by atoms with Gasteiger partial charge in [-0.25, -0.2) is 0 Å². The van der Waals surface area contributed by atoms with Crippen LogP contribution in [0.4, 0.5) is 0 Å². The van der Waals surface area contributed by atoms with Crippen molar-refractivity contribution in [3.05, 3.63) is 0 Å². The van der Waals surface area contributed by atoms with Crippen LogP contribution in [0.2, 0.25) is 0 Å². The first kappa shape index (κ1) is 13.0.